The molecule has 0 saturated heterocycles. The third-order valence-electron chi connectivity index (χ3n) is 2.89. The normalized spacial score (nSPS) is 12.6. The van der Waals surface area contributed by atoms with Crippen molar-refractivity contribution < 1.29 is 14.7 Å². The van der Waals surface area contributed by atoms with Crippen molar-refractivity contribution in [1.29, 1.82) is 0 Å². The van der Waals surface area contributed by atoms with Crippen LogP contribution in [0.5, 0.6) is 0 Å². The molecule has 0 aliphatic heterocycles. The molecule has 0 aliphatic carbocycles. The van der Waals surface area contributed by atoms with Gasteiger partial charge in [-0.05, 0) is 19.9 Å². The van der Waals surface area contributed by atoms with Crippen molar-refractivity contribution in [2.45, 2.75) is 19.9 Å². The summed E-state index contributed by atoms with van der Waals surface area (Å²) >= 11 is 0. The zero-order chi connectivity index (χ0) is 12.6. The molecular formula is C13H13NO3. The molecule has 88 valence electrons. The number of carboxylic acids is 1. The number of fused-ring (bicyclic) bond motifs is 1. The van der Waals surface area contributed by atoms with Crippen LogP contribution in [0.25, 0.3) is 10.9 Å². The molecular weight excluding hydrogens is 218 g/mol. The minimum Gasteiger partial charge on any atom is -0.480 e. The summed E-state index contributed by atoms with van der Waals surface area (Å²) in [6.07, 6.45) is 1.62. The van der Waals surface area contributed by atoms with Gasteiger partial charge < -0.3 is 9.67 Å². The monoisotopic (exact) mass is 231 g/mol. The van der Waals surface area contributed by atoms with E-state index in [1.165, 1.54) is 6.92 Å². The maximum Gasteiger partial charge on any atom is 0.326 e. The number of ketones is 1. The number of nitrogens with zero attached hydrogens (tertiary/aromatic N) is 1. The Morgan fingerprint density at radius 1 is 1.29 bits per heavy atom. The number of carbonyl (C=O) groups is 2. The Hall–Kier alpha value is -2.10. The second-order valence-corrected chi connectivity index (χ2v) is 4.04. The van der Waals surface area contributed by atoms with Crippen LogP contribution in [0.2, 0.25) is 0 Å². The minimum absolute atomic E-state index is 0.0578. The summed E-state index contributed by atoms with van der Waals surface area (Å²) in [5.74, 6) is -0.974. The van der Waals surface area contributed by atoms with E-state index in [1.54, 1.807) is 17.7 Å². The van der Waals surface area contributed by atoms with Gasteiger partial charge >= 0.3 is 5.97 Å². The van der Waals surface area contributed by atoms with Crippen LogP contribution in [-0.2, 0) is 4.79 Å². The van der Waals surface area contributed by atoms with E-state index >= 15 is 0 Å². The SMILES string of the molecule is CC(=O)c1cn([C@H](C)C(=O)O)c2ccccc12. The molecule has 1 aromatic carbocycles. The second-order valence-electron chi connectivity index (χ2n) is 4.04. The summed E-state index contributed by atoms with van der Waals surface area (Å²) in [5.41, 5.74) is 1.33. The van der Waals surface area contributed by atoms with Gasteiger partial charge in [-0.3, -0.25) is 4.79 Å². The van der Waals surface area contributed by atoms with Crippen molar-refractivity contribution >= 4 is 22.7 Å². The molecule has 1 N–H and O–H groups in total. The number of carboxylic acid groups (broad SMARTS) is 1. The summed E-state index contributed by atoms with van der Waals surface area (Å²) in [6, 6.07) is 6.63. The van der Waals surface area contributed by atoms with Gasteiger partial charge in [0.15, 0.2) is 5.78 Å². The van der Waals surface area contributed by atoms with Crippen molar-refractivity contribution in [3.8, 4) is 0 Å². The molecule has 1 atom stereocenters. The highest BCUT2D eigenvalue weighted by molar-refractivity contribution is 6.07. The van der Waals surface area contributed by atoms with E-state index in [0.717, 1.165) is 10.9 Å². The predicted molar refractivity (Wildman–Crippen MR) is 64.3 cm³/mol. The number of hydrogen-bond donors (Lipinski definition) is 1. The summed E-state index contributed by atoms with van der Waals surface area (Å²) < 4.78 is 1.62. The first kappa shape index (κ1) is 11.4. The van der Waals surface area contributed by atoms with E-state index in [-0.39, 0.29) is 5.78 Å². The largest absolute Gasteiger partial charge is 0.480 e. The van der Waals surface area contributed by atoms with Gasteiger partial charge in [-0.25, -0.2) is 4.79 Å². The molecule has 2 aromatic rings. The molecule has 0 radical (unpaired) electrons. The minimum atomic E-state index is -0.916. The molecule has 4 nitrogen and oxygen atoms in total. The molecule has 0 fully saturated rings. The molecule has 0 aliphatic rings. The smallest absolute Gasteiger partial charge is 0.326 e. The third-order valence-corrected chi connectivity index (χ3v) is 2.89. The number of benzene rings is 1. The lowest BCUT2D eigenvalue weighted by Gasteiger charge is -2.09. The molecule has 17 heavy (non-hydrogen) atoms. The fraction of sp³-hybridized carbons (Fsp3) is 0.231. The van der Waals surface area contributed by atoms with E-state index in [9.17, 15) is 9.59 Å². The Morgan fingerprint density at radius 2 is 1.94 bits per heavy atom. The van der Waals surface area contributed by atoms with Crippen LogP contribution < -0.4 is 0 Å². The van der Waals surface area contributed by atoms with E-state index in [2.05, 4.69) is 0 Å². The summed E-state index contributed by atoms with van der Waals surface area (Å²) in [4.78, 5) is 22.5. The molecule has 2 rings (SSSR count). The van der Waals surface area contributed by atoms with Crippen molar-refractivity contribution in [1.82, 2.24) is 4.57 Å². The van der Waals surface area contributed by atoms with Crippen molar-refractivity contribution in [2.75, 3.05) is 0 Å². The lowest BCUT2D eigenvalue weighted by molar-refractivity contribution is -0.140. The first-order valence-corrected chi connectivity index (χ1v) is 5.35. The van der Waals surface area contributed by atoms with Gasteiger partial charge in [-0.2, -0.15) is 0 Å². The zero-order valence-corrected chi connectivity index (χ0v) is 9.68. The average Bonchev–Trinajstić information content (AvgIpc) is 2.67. The van der Waals surface area contributed by atoms with Gasteiger partial charge in [0.05, 0.1) is 0 Å². The third kappa shape index (κ3) is 1.82. The molecule has 4 heteroatoms. The van der Waals surface area contributed by atoms with Crippen molar-refractivity contribution in [3.05, 3.63) is 36.0 Å². The van der Waals surface area contributed by atoms with Crippen LogP contribution in [0.3, 0.4) is 0 Å². The number of carbonyl (C=O) groups excluding carboxylic acids is 1. The maximum absolute atomic E-state index is 11.5. The summed E-state index contributed by atoms with van der Waals surface area (Å²) in [6.45, 7) is 3.08. The Balaban J connectivity index is 2.73. The van der Waals surface area contributed by atoms with Gasteiger partial charge in [0.1, 0.15) is 6.04 Å². The average molecular weight is 231 g/mol. The fourth-order valence-corrected chi connectivity index (χ4v) is 1.92. The molecule has 0 spiro atoms. The first-order chi connectivity index (χ1) is 8.02. The Bertz CT molecular complexity index is 598. The molecule has 0 amide bonds. The van der Waals surface area contributed by atoms with Crippen LogP contribution in [0, 0.1) is 0 Å². The van der Waals surface area contributed by atoms with Crippen LogP contribution in [0.15, 0.2) is 30.5 Å². The standard InChI is InChI=1S/C13H13NO3/c1-8(13(16)17)14-7-11(9(2)15)10-5-3-4-6-12(10)14/h3-8H,1-2H3,(H,16,17)/t8-/m1/s1. The van der Waals surface area contributed by atoms with Crippen LogP contribution in [-0.4, -0.2) is 21.4 Å². The van der Waals surface area contributed by atoms with E-state index in [0.29, 0.717) is 5.56 Å². The Morgan fingerprint density at radius 3 is 2.53 bits per heavy atom. The van der Waals surface area contributed by atoms with Gasteiger partial charge in [0, 0.05) is 22.7 Å². The number of aromatic nitrogens is 1. The Kier molecular flexibility index (Phi) is 2.71. The van der Waals surface area contributed by atoms with E-state index < -0.39 is 12.0 Å². The lowest BCUT2D eigenvalue weighted by atomic mass is 10.1. The maximum atomic E-state index is 11.5. The van der Waals surface area contributed by atoms with Crippen LogP contribution >= 0.6 is 0 Å². The van der Waals surface area contributed by atoms with Crippen LogP contribution in [0.4, 0.5) is 0 Å². The van der Waals surface area contributed by atoms with E-state index in [1.807, 2.05) is 24.3 Å². The fourth-order valence-electron chi connectivity index (χ4n) is 1.92. The lowest BCUT2D eigenvalue weighted by Crippen LogP contribution is -2.14. The number of hydrogen-bond acceptors (Lipinski definition) is 2. The van der Waals surface area contributed by atoms with E-state index in [4.69, 9.17) is 5.11 Å². The molecule has 1 heterocycles. The van der Waals surface area contributed by atoms with Gasteiger partial charge in [-0.1, -0.05) is 18.2 Å². The predicted octanol–water partition coefficient (Wildman–Crippen LogP) is 2.49. The first-order valence-electron chi connectivity index (χ1n) is 5.35. The quantitative estimate of drug-likeness (QED) is 0.825. The van der Waals surface area contributed by atoms with Crippen molar-refractivity contribution in [2.24, 2.45) is 0 Å². The summed E-state index contributed by atoms with van der Waals surface area (Å²) in [7, 11) is 0. The molecule has 1 aromatic heterocycles. The Labute approximate surface area is 98.5 Å². The van der Waals surface area contributed by atoms with Crippen LogP contribution in [0.1, 0.15) is 30.2 Å². The highest BCUT2D eigenvalue weighted by Gasteiger charge is 2.18. The van der Waals surface area contributed by atoms with Crippen molar-refractivity contribution in [3.63, 3.8) is 0 Å². The molecule has 0 saturated carbocycles. The zero-order valence-electron chi connectivity index (χ0n) is 9.68. The number of rotatable bonds is 3. The topological polar surface area (TPSA) is 59.3 Å². The number of Topliss-reactive ketones (excluding diaryl/α,β-unsaturated/α-hetero) is 1. The highest BCUT2D eigenvalue weighted by Crippen LogP contribution is 2.25. The second kappa shape index (κ2) is 4.05. The number of aliphatic carboxylic acids is 1. The van der Waals surface area contributed by atoms with Gasteiger partial charge in [0.2, 0.25) is 0 Å². The van der Waals surface area contributed by atoms with Gasteiger partial charge in [0.25, 0.3) is 0 Å². The highest BCUT2D eigenvalue weighted by atomic mass is 16.4. The van der Waals surface area contributed by atoms with Gasteiger partial charge in [-0.15, -0.1) is 0 Å². The molecule has 0 unspecified atom stereocenters. The number of para-hydroxylation sites is 1. The molecule has 0 bridgehead atoms. The summed E-state index contributed by atoms with van der Waals surface area (Å²) in [5, 5.41) is 9.84.